The van der Waals surface area contributed by atoms with Crippen molar-refractivity contribution < 1.29 is 0 Å². The van der Waals surface area contributed by atoms with Gasteiger partial charge in [0.15, 0.2) is 0 Å². The summed E-state index contributed by atoms with van der Waals surface area (Å²) < 4.78 is 0. The van der Waals surface area contributed by atoms with Gasteiger partial charge in [-0.05, 0) is 38.4 Å². The third kappa shape index (κ3) is 2.41. The molecule has 2 saturated heterocycles. The molecule has 2 aliphatic heterocycles. The fraction of sp³-hybridized carbons (Fsp3) is 0.667. The molecule has 0 saturated carbocycles. The van der Waals surface area contributed by atoms with Crippen molar-refractivity contribution in [3.05, 3.63) is 18.3 Å². The lowest BCUT2D eigenvalue weighted by Gasteiger charge is -2.36. The molecule has 4 nitrogen and oxygen atoms in total. The van der Waals surface area contributed by atoms with E-state index >= 15 is 0 Å². The van der Waals surface area contributed by atoms with Gasteiger partial charge >= 0.3 is 0 Å². The number of nitrogens with zero attached hydrogens (tertiary/aromatic N) is 4. The highest BCUT2D eigenvalue weighted by Crippen LogP contribution is 2.34. The van der Waals surface area contributed by atoms with Crippen LogP contribution in [0.5, 0.6) is 0 Å². The molecule has 0 aliphatic carbocycles. The molecular weight excluding hydrogens is 236 g/mol. The Balaban J connectivity index is 1.81. The summed E-state index contributed by atoms with van der Waals surface area (Å²) in [5.41, 5.74) is 1.24. The molecule has 3 rings (SSSR count). The molecule has 2 fully saturated rings. The fourth-order valence-electron chi connectivity index (χ4n) is 3.49. The van der Waals surface area contributed by atoms with Crippen LogP contribution in [0.25, 0.3) is 0 Å². The Hall–Kier alpha value is -1.29. The van der Waals surface area contributed by atoms with Crippen LogP contribution in [0.1, 0.15) is 12.8 Å². The molecule has 3 heterocycles. The molecule has 0 aromatic carbocycles. The number of piperidine rings is 1. The van der Waals surface area contributed by atoms with Gasteiger partial charge in [-0.1, -0.05) is 0 Å². The molecule has 4 heteroatoms. The standard InChI is InChI=1S/C15H24N4/c1-17(2)13-4-7-16-15(10-13)19-9-5-12-11-18(3)8-6-14(12)19/h4,7,10,12,14H,5-6,8-9,11H2,1-3H3/t12-,14?/m1/s1. The zero-order valence-electron chi connectivity index (χ0n) is 12.2. The minimum Gasteiger partial charge on any atom is -0.378 e. The van der Waals surface area contributed by atoms with Crippen molar-refractivity contribution in [1.29, 1.82) is 0 Å². The van der Waals surface area contributed by atoms with Crippen molar-refractivity contribution in [2.24, 2.45) is 5.92 Å². The Bertz CT molecular complexity index is 446. The van der Waals surface area contributed by atoms with Crippen molar-refractivity contribution in [3.63, 3.8) is 0 Å². The van der Waals surface area contributed by atoms with Crippen LogP contribution < -0.4 is 9.80 Å². The Morgan fingerprint density at radius 3 is 2.89 bits per heavy atom. The highest BCUT2D eigenvalue weighted by molar-refractivity contribution is 5.55. The molecular formula is C15H24N4. The maximum absolute atomic E-state index is 4.60. The summed E-state index contributed by atoms with van der Waals surface area (Å²) in [5.74, 6) is 1.98. The monoisotopic (exact) mass is 260 g/mol. The molecule has 104 valence electrons. The van der Waals surface area contributed by atoms with Gasteiger partial charge in [0, 0.05) is 51.2 Å². The summed E-state index contributed by atoms with van der Waals surface area (Å²) in [4.78, 5) is 11.7. The van der Waals surface area contributed by atoms with Crippen LogP contribution >= 0.6 is 0 Å². The molecule has 0 spiro atoms. The number of fused-ring (bicyclic) bond motifs is 1. The van der Waals surface area contributed by atoms with Crippen LogP contribution in [0.3, 0.4) is 0 Å². The van der Waals surface area contributed by atoms with E-state index in [1.165, 1.54) is 31.6 Å². The smallest absolute Gasteiger partial charge is 0.130 e. The highest BCUT2D eigenvalue weighted by Gasteiger charge is 2.37. The molecule has 0 radical (unpaired) electrons. The van der Waals surface area contributed by atoms with Crippen LogP contribution in [-0.4, -0.2) is 56.7 Å². The summed E-state index contributed by atoms with van der Waals surface area (Å²) in [6.45, 7) is 3.62. The van der Waals surface area contributed by atoms with Crippen LogP contribution in [0.2, 0.25) is 0 Å². The second-order valence-electron chi connectivity index (χ2n) is 6.13. The first-order valence-corrected chi connectivity index (χ1v) is 7.23. The van der Waals surface area contributed by atoms with Gasteiger partial charge in [0.05, 0.1) is 0 Å². The number of anilines is 2. The maximum Gasteiger partial charge on any atom is 0.130 e. The zero-order valence-corrected chi connectivity index (χ0v) is 12.2. The lowest BCUT2D eigenvalue weighted by molar-refractivity contribution is 0.202. The molecule has 1 unspecified atom stereocenters. The van der Waals surface area contributed by atoms with Gasteiger partial charge in [0.25, 0.3) is 0 Å². The molecule has 1 aromatic heterocycles. The average Bonchev–Trinajstić information content (AvgIpc) is 2.81. The third-order valence-electron chi connectivity index (χ3n) is 4.58. The summed E-state index contributed by atoms with van der Waals surface area (Å²) in [6, 6.07) is 4.99. The van der Waals surface area contributed by atoms with Gasteiger partial charge in [0.2, 0.25) is 0 Å². The second kappa shape index (κ2) is 5.00. The summed E-state index contributed by atoms with van der Waals surface area (Å²) in [6.07, 6.45) is 4.52. The predicted molar refractivity (Wildman–Crippen MR) is 79.9 cm³/mol. The highest BCUT2D eigenvalue weighted by atomic mass is 15.3. The number of hydrogen-bond donors (Lipinski definition) is 0. The minimum atomic E-state index is 0.695. The number of rotatable bonds is 2. The Kier molecular flexibility index (Phi) is 3.35. The first-order chi connectivity index (χ1) is 9.15. The predicted octanol–water partition coefficient (Wildman–Crippen LogP) is 1.68. The number of hydrogen-bond acceptors (Lipinski definition) is 4. The summed E-state index contributed by atoms with van der Waals surface area (Å²) in [7, 11) is 6.41. The Morgan fingerprint density at radius 1 is 1.26 bits per heavy atom. The third-order valence-corrected chi connectivity index (χ3v) is 4.58. The lowest BCUT2D eigenvalue weighted by Crippen LogP contribution is -2.44. The van der Waals surface area contributed by atoms with E-state index in [-0.39, 0.29) is 0 Å². The van der Waals surface area contributed by atoms with Crippen molar-refractivity contribution in [2.45, 2.75) is 18.9 Å². The fourth-order valence-corrected chi connectivity index (χ4v) is 3.49. The van der Waals surface area contributed by atoms with E-state index in [1.54, 1.807) is 0 Å². The second-order valence-corrected chi connectivity index (χ2v) is 6.13. The van der Waals surface area contributed by atoms with Crippen molar-refractivity contribution in [2.75, 3.05) is 50.6 Å². The molecule has 2 atom stereocenters. The molecule has 1 aromatic rings. The van der Waals surface area contributed by atoms with Crippen molar-refractivity contribution in [3.8, 4) is 0 Å². The van der Waals surface area contributed by atoms with E-state index in [4.69, 9.17) is 0 Å². The number of likely N-dealkylation sites (tertiary alicyclic amines) is 1. The Morgan fingerprint density at radius 2 is 2.11 bits per heavy atom. The van der Waals surface area contributed by atoms with Crippen LogP contribution in [0, 0.1) is 5.92 Å². The topological polar surface area (TPSA) is 22.6 Å². The summed E-state index contributed by atoms with van der Waals surface area (Å²) in [5, 5.41) is 0. The van der Waals surface area contributed by atoms with Gasteiger partial charge < -0.3 is 14.7 Å². The van der Waals surface area contributed by atoms with E-state index in [2.05, 4.69) is 53.0 Å². The molecule has 0 N–H and O–H groups in total. The van der Waals surface area contributed by atoms with Crippen molar-refractivity contribution in [1.82, 2.24) is 9.88 Å². The Labute approximate surface area is 116 Å². The van der Waals surface area contributed by atoms with Gasteiger partial charge in [-0.3, -0.25) is 0 Å². The molecule has 0 bridgehead atoms. The van der Waals surface area contributed by atoms with Crippen LogP contribution in [0.4, 0.5) is 11.5 Å². The van der Waals surface area contributed by atoms with Crippen LogP contribution in [-0.2, 0) is 0 Å². The van der Waals surface area contributed by atoms with Crippen molar-refractivity contribution >= 4 is 11.5 Å². The normalized spacial score (nSPS) is 27.4. The van der Waals surface area contributed by atoms with E-state index in [0.29, 0.717) is 6.04 Å². The summed E-state index contributed by atoms with van der Waals surface area (Å²) >= 11 is 0. The van der Waals surface area contributed by atoms with E-state index in [9.17, 15) is 0 Å². The van der Waals surface area contributed by atoms with Gasteiger partial charge in [0.1, 0.15) is 5.82 Å². The SMILES string of the molecule is CN1CCC2[C@H](CCN2c2cc(N(C)C)ccn2)C1. The minimum absolute atomic E-state index is 0.695. The van der Waals surface area contributed by atoms with Crippen LogP contribution in [0.15, 0.2) is 18.3 Å². The van der Waals surface area contributed by atoms with Gasteiger partial charge in [-0.2, -0.15) is 0 Å². The number of pyridine rings is 1. The van der Waals surface area contributed by atoms with E-state index < -0.39 is 0 Å². The van der Waals surface area contributed by atoms with Gasteiger partial charge in [-0.25, -0.2) is 4.98 Å². The van der Waals surface area contributed by atoms with Gasteiger partial charge in [-0.15, -0.1) is 0 Å². The lowest BCUT2D eigenvalue weighted by atomic mass is 9.93. The first kappa shape index (κ1) is 12.7. The molecule has 19 heavy (non-hydrogen) atoms. The van der Waals surface area contributed by atoms with E-state index in [0.717, 1.165) is 18.3 Å². The molecule has 2 aliphatic rings. The average molecular weight is 260 g/mol. The largest absolute Gasteiger partial charge is 0.378 e. The molecule has 0 amide bonds. The maximum atomic E-state index is 4.60. The quantitative estimate of drug-likeness (QED) is 0.807. The zero-order chi connectivity index (χ0) is 13.4. The number of aromatic nitrogens is 1. The van der Waals surface area contributed by atoms with E-state index in [1.807, 2.05) is 6.20 Å². The first-order valence-electron chi connectivity index (χ1n) is 7.23.